The number of aromatic nitrogens is 1. The molecule has 140 valence electrons. The number of hydrogen-bond acceptors (Lipinski definition) is 3. The standard InChI is InChI=1S/C19H15F3N2O3/c20-19(21,22)27-15-6-3-5-14(12-15)23-17(25)8-9-18(26)24-11-10-13-4-1-2-7-16(13)24/h1-7,10-12H,8-9H2,(H,23,25). The minimum atomic E-state index is -4.81. The van der Waals surface area contributed by atoms with Crippen molar-refractivity contribution in [2.45, 2.75) is 19.2 Å². The Morgan fingerprint density at radius 1 is 1.00 bits per heavy atom. The van der Waals surface area contributed by atoms with Gasteiger partial charge in [0, 0.05) is 36.2 Å². The maximum atomic E-state index is 12.3. The number of fused-ring (bicyclic) bond motifs is 1. The van der Waals surface area contributed by atoms with Gasteiger partial charge in [0.2, 0.25) is 11.8 Å². The number of nitrogens with zero attached hydrogens (tertiary/aromatic N) is 1. The average Bonchev–Trinajstić information content (AvgIpc) is 3.02. The van der Waals surface area contributed by atoms with E-state index in [0.29, 0.717) is 0 Å². The SMILES string of the molecule is O=C(CCC(=O)n1ccc2ccccc21)Nc1cccc(OC(F)(F)F)c1. The van der Waals surface area contributed by atoms with E-state index >= 15 is 0 Å². The molecule has 0 aliphatic rings. The Bertz CT molecular complexity index is 979. The normalized spacial score (nSPS) is 11.4. The second-order valence-corrected chi connectivity index (χ2v) is 5.76. The smallest absolute Gasteiger partial charge is 0.406 e. The molecule has 0 aliphatic heterocycles. The van der Waals surface area contributed by atoms with Crippen LogP contribution in [0.25, 0.3) is 10.9 Å². The summed E-state index contributed by atoms with van der Waals surface area (Å²) in [6.07, 6.45) is -3.31. The minimum absolute atomic E-state index is 0.0384. The van der Waals surface area contributed by atoms with Gasteiger partial charge in [-0.15, -0.1) is 13.2 Å². The van der Waals surface area contributed by atoms with Crippen molar-refractivity contribution in [3.05, 3.63) is 60.8 Å². The zero-order valence-corrected chi connectivity index (χ0v) is 14.0. The summed E-state index contributed by atoms with van der Waals surface area (Å²) >= 11 is 0. The van der Waals surface area contributed by atoms with Gasteiger partial charge in [-0.3, -0.25) is 14.2 Å². The lowest BCUT2D eigenvalue weighted by atomic mass is 10.2. The van der Waals surface area contributed by atoms with Crippen molar-refractivity contribution in [1.29, 1.82) is 0 Å². The van der Waals surface area contributed by atoms with Crippen molar-refractivity contribution in [3.8, 4) is 5.75 Å². The van der Waals surface area contributed by atoms with Gasteiger partial charge in [0.15, 0.2) is 0 Å². The molecule has 0 unspecified atom stereocenters. The van der Waals surface area contributed by atoms with Crippen molar-refractivity contribution >= 4 is 28.4 Å². The van der Waals surface area contributed by atoms with Gasteiger partial charge in [-0.1, -0.05) is 24.3 Å². The van der Waals surface area contributed by atoms with E-state index in [2.05, 4.69) is 10.1 Å². The highest BCUT2D eigenvalue weighted by Crippen LogP contribution is 2.25. The van der Waals surface area contributed by atoms with Crippen LogP contribution in [0.2, 0.25) is 0 Å². The summed E-state index contributed by atoms with van der Waals surface area (Å²) in [5, 5.41) is 3.37. The van der Waals surface area contributed by atoms with Crippen LogP contribution in [-0.2, 0) is 4.79 Å². The fourth-order valence-corrected chi connectivity index (χ4v) is 2.64. The van der Waals surface area contributed by atoms with Crippen LogP contribution in [0, 0.1) is 0 Å². The lowest BCUT2D eigenvalue weighted by molar-refractivity contribution is -0.274. The van der Waals surface area contributed by atoms with Crippen LogP contribution in [0.3, 0.4) is 0 Å². The quantitative estimate of drug-likeness (QED) is 0.708. The van der Waals surface area contributed by atoms with E-state index in [0.717, 1.165) is 23.0 Å². The van der Waals surface area contributed by atoms with Gasteiger partial charge in [0.25, 0.3) is 0 Å². The molecule has 1 amide bonds. The van der Waals surface area contributed by atoms with Gasteiger partial charge >= 0.3 is 6.36 Å². The van der Waals surface area contributed by atoms with Crippen LogP contribution in [0.1, 0.15) is 17.6 Å². The number of hydrogen-bond donors (Lipinski definition) is 1. The van der Waals surface area contributed by atoms with E-state index in [1.807, 2.05) is 18.2 Å². The van der Waals surface area contributed by atoms with Crippen molar-refractivity contribution < 1.29 is 27.5 Å². The molecule has 27 heavy (non-hydrogen) atoms. The maximum Gasteiger partial charge on any atom is 0.573 e. The highest BCUT2D eigenvalue weighted by atomic mass is 19.4. The highest BCUT2D eigenvalue weighted by molar-refractivity contribution is 5.96. The third kappa shape index (κ3) is 4.87. The first-order valence-electron chi connectivity index (χ1n) is 8.07. The number of carbonyl (C=O) groups excluding carboxylic acids is 2. The molecule has 1 N–H and O–H groups in total. The molecule has 1 heterocycles. The Kier molecular flexibility index (Phi) is 5.16. The second kappa shape index (κ2) is 7.53. The number of carbonyl (C=O) groups is 2. The highest BCUT2D eigenvalue weighted by Gasteiger charge is 2.31. The predicted molar refractivity (Wildman–Crippen MR) is 93.6 cm³/mol. The zero-order chi connectivity index (χ0) is 19.4. The largest absolute Gasteiger partial charge is 0.573 e. The summed E-state index contributed by atoms with van der Waals surface area (Å²) in [5.74, 6) is -1.17. The fraction of sp³-hybridized carbons (Fsp3) is 0.158. The number of anilines is 1. The van der Waals surface area contributed by atoms with Crippen LogP contribution in [0.5, 0.6) is 5.75 Å². The zero-order valence-electron chi connectivity index (χ0n) is 14.0. The van der Waals surface area contributed by atoms with Gasteiger partial charge in [0.1, 0.15) is 5.75 Å². The lowest BCUT2D eigenvalue weighted by Crippen LogP contribution is -2.18. The van der Waals surface area contributed by atoms with E-state index in [-0.39, 0.29) is 24.4 Å². The molecule has 0 atom stereocenters. The molecule has 0 radical (unpaired) electrons. The Hall–Kier alpha value is -3.29. The predicted octanol–water partition coefficient (Wildman–Crippen LogP) is 4.60. The molecule has 8 heteroatoms. The van der Waals surface area contributed by atoms with Crippen LogP contribution >= 0.6 is 0 Å². The molecule has 1 aromatic heterocycles. The number of para-hydroxylation sites is 1. The summed E-state index contributed by atoms with van der Waals surface area (Å²) in [6.45, 7) is 0. The number of benzene rings is 2. The van der Waals surface area contributed by atoms with Gasteiger partial charge in [-0.05, 0) is 24.3 Å². The van der Waals surface area contributed by atoms with E-state index in [4.69, 9.17) is 0 Å². The fourth-order valence-electron chi connectivity index (χ4n) is 2.64. The molecule has 0 aliphatic carbocycles. The summed E-state index contributed by atoms with van der Waals surface area (Å²) in [7, 11) is 0. The van der Waals surface area contributed by atoms with Gasteiger partial charge < -0.3 is 10.1 Å². The number of rotatable bonds is 5. The Labute approximate surface area is 152 Å². The first kappa shape index (κ1) is 18.5. The molecular formula is C19H15F3N2O3. The van der Waals surface area contributed by atoms with Gasteiger partial charge in [-0.2, -0.15) is 0 Å². The van der Waals surface area contributed by atoms with E-state index in [1.54, 1.807) is 18.3 Å². The molecule has 3 rings (SSSR count). The summed E-state index contributed by atoms with van der Waals surface area (Å²) in [4.78, 5) is 24.3. The number of alkyl halides is 3. The third-order valence-corrected chi connectivity index (χ3v) is 3.79. The molecule has 0 spiro atoms. The van der Waals surface area contributed by atoms with E-state index in [1.165, 1.54) is 16.7 Å². The summed E-state index contributed by atoms with van der Waals surface area (Å²) < 4.78 is 42.0. The molecule has 2 aromatic carbocycles. The molecular weight excluding hydrogens is 361 g/mol. The van der Waals surface area contributed by atoms with Crippen LogP contribution in [0.15, 0.2) is 60.8 Å². The average molecular weight is 376 g/mol. The minimum Gasteiger partial charge on any atom is -0.406 e. The monoisotopic (exact) mass is 376 g/mol. The van der Waals surface area contributed by atoms with Crippen LogP contribution in [0.4, 0.5) is 18.9 Å². The van der Waals surface area contributed by atoms with Crippen molar-refractivity contribution in [1.82, 2.24) is 4.57 Å². The van der Waals surface area contributed by atoms with Crippen molar-refractivity contribution in [2.75, 3.05) is 5.32 Å². The van der Waals surface area contributed by atoms with Crippen LogP contribution in [-0.4, -0.2) is 22.7 Å². The Balaban J connectivity index is 1.58. The Morgan fingerprint density at radius 3 is 2.56 bits per heavy atom. The number of ether oxygens (including phenoxy) is 1. The number of nitrogens with one attached hydrogen (secondary N) is 1. The topological polar surface area (TPSA) is 60.3 Å². The van der Waals surface area contributed by atoms with Crippen molar-refractivity contribution in [2.24, 2.45) is 0 Å². The molecule has 0 fully saturated rings. The molecule has 0 saturated heterocycles. The Morgan fingerprint density at radius 2 is 1.78 bits per heavy atom. The van der Waals surface area contributed by atoms with E-state index < -0.39 is 18.0 Å². The van der Waals surface area contributed by atoms with E-state index in [9.17, 15) is 22.8 Å². The first-order chi connectivity index (χ1) is 12.8. The lowest BCUT2D eigenvalue weighted by Gasteiger charge is -2.10. The molecule has 3 aromatic rings. The van der Waals surface area contributed by atoms with Crippen LogP contribution < -0.4 is 10.1 Å². The van der Waals surface area contributed by atoms with Crippen molar-refractivity contribution in [3.63, 3.8) is 0 Å². The first-order valence-corrected chi connectivity index (χ1v) is 8.07. The second-order valence-electron chi connectivity index (χ2n) is 5.76. The summed E-state index contributed by atoms with van der Waals surface area (Å²) in [5.41, 5.74) is 0.903. The van der Waals surface area contributed by atoms with Gasteiger partial charge in [0.05, 0.1) is 5.52 Å². The van der Waals surface area contributed by atoms with Gasteiger partial charge in [-0.25, -0.2) is 0 Å². The third-order valence-electron chi connectivity index (χ3n) is 3.79. The summed E-state index contributed by atoms with van der Waals surface area (Å²) in [6, 6.07) is 14.1. The molecule has 5 nitrogen and oxygen atoms in total. The maximum absolute atomic E-state index is 12.3. The molecule has 0 saturated carbocycles. The number of halogens is 3. The number of amides is 1. The molecule has 0 bridgehead atoms.